The molecule has 0 unspecified atom stereocenters. The first kappa shape index (κ1) is 9.71. The van der Waals surface area contributed by atoms with Crippen molar-refractivity contribution >= 4 is 17.3 Å². The highest BCUT2D eigenvalue weighted by molar-refractivity contribution is 7.08. The smallest absolute Gasteiger partial charge is 0.314 e. The molecule has 3 heteroatoms. The summed E-state index contributed by atoms with van der Waals surface area (Å²) in [5, 5.41) is 13.2. The van der Waals surface area contributed by atoms with Gasteiger partial charge >= 0.3 is 5.97 Å². The van der Waals surface area contributed by atoms with Crippen molar-refractivity contribution in [2.75, 3.05) is 0 Å². The van der Waals surface area contributed by atoms with Gasteiger partial charge in [-0.2, -0.15) is 11.3 Å². The van der Waals surface area contributed by atoms with Crippen molar-refractivity contribution in [3.8, 4) is 0 Å². The predicted molar refractivity (Wildman–Crippen MR) is 56.6 cm³/mol. The summed E-state index contributed by atoms with van der Waals surface area (Å²) in [6.45, 7) is 4.25. The van der Waals surface area contributed by atoms with Crippen molar-refractivity contribution in [3.63, 3.8) is 0 Å². The topological polar surface area (TPSA) is 37.3 Å². The van der Waals surface area contributed by atoms with Gasteiger partial charge in [0.1, 0.15) is 0 Å². The van der Waals surface area contributed by atoms with Gasteiger partial charge in [0.2, 0.25) is 0 Å². The van der Waals surface area contributed by atoms with E-state index in [0.717, 1.165) is 18.4 Å². The molecule has 76 valence electrons. The molecule has 1 heterocycles. The second-order valence-electron chi connectivity index (χ2n) is 4.92. The van der Waals surface area contributed by atoms with Crippen LogP contribution in [0.25, 0.3) is 0 Å². The Hall–Kier alpha value is -0.830. The van der Waals surface area contributed by atoms with E-state index in [1.165, 1.54) is 0 Å². The number of hydrogen-bond acceptors (Lipinski definition) is 2. The fraction of sp³-hybridized carbons (Fsp3) is 0.545. The van der Waals surface area contributed by atoms with Gasteiger partial charge in [-0.25, -0.2) is 0 Å². The molecule has 0 aliphatic heterocycles. The van der Waals surface area contributed by atoms with Crippen molar-refractivity contribution in [2.45, 2.75) is 32.1 Å². The summed E-state index contributed by atoms with van der Waals surface area (Å²) in [5.41, 5.74) is 0.568. The maximum atomic E-state index is 11.3. The van der Waals surface area contributed by atoms with E-state index in [0.29, 0.717) is 0 Å². The molecule has 1 aromatic heterocycles. The molecule has 0 spiro atoms. The van der Waals surface area contributed by atoms with Crippen LogP contribution in [0.15, 0.2) is 16.8 Å². The minimum atomic E-state index is -0.671. The molecule has 0 aromatic carbocycles. The highest BCUT2D eigenvalue weighted by Crippen LogP contribution is 2.55. The van der Waals surface area contributed by atoms with E-state index in [2.05, 4.69) is 13.8 Å². The number of hydrogen-bond donors (Lipinski definition) is 1. The third-order valence-electron chi connectivity index (χ3n) is 3.04. The summed E-state index contributed by atoms with van der Waals surface area (Å²) >= 11 is 1.57. The van der Waals surface area contributed by atoms with Crippen LogP contribution in [0, 0.1) is 5.41 Å². The molecule has 1 N–H and O–H groups in total. The van der Waals surface area contributed by atoms with Crippen LogP contribution in [0.1, 0.15) is 32.3 Å². The van der Waals surface area contributed by atoms with Gasteiger partial charge in [-0.05, 0) is 40.6 Å². The Bertz CT molecular complexity index is 343. The van der Waals surface area contributed by atoms with Gasteiger partial charge in [0.25, 0.3) is 0 Å². The van der Waals surface area contributed by atoms with Crippen LogP contribution in [0.3, 0.4) is 0 Å². The summed E-state index contributed by atoms with van der Waals surface area (Å²) in [4.78, 5) is 11.3. The van der Waals surface area contributed by atoms with Crippen molar-refractivity contribution in [3.05, 3.63) is 22.4 Å². The van der Waals surface area contributed by atoms with Gasteiger partial charge in [0.05, 0.1) is 5.41 Å². The lowest BCUT2D eigenvalue weighted by atomic mass is 9.52. The number of aliphatic carboxylic acids is 1. The van der Waals surface area contributed by atoms with Gasteiger partial charge in [-0.3, -0.25) is 4.79 Å². The van der Waals surface area contributed by atoms with Gasteiger partial charge < -0.3 is 5.11 Å². The molecule has 0 radical (unpaired) electrons. The predicted octanol–water partition coefficient (Wildman–Crippen LogP) is 2.89. The average Bonchev–Trinajstić information content (AvgIpc) is 2.50. The van der Waals surface area contributed by atoms with Crippen LogP contribution < -0.4 is 0 Å². The molecule has 1 aliphatic rings. The first-order valence-corrected chi connectivity index (χ1v) is 5.67. The Morgan fingerprint density at radius 3 is 2.50 bits per heavy atom. The standard InChI is InChI=1S/C11H14O2S/c1-10(2)6-11(7-10,9(12)13)8-3-4-14-5-8/h3-5H,6-7H2,1-2H3,(H,12,13). The third-order valence-corrected chi connectivity index (χ3v) is 3.73. The van der Waals surface area contributed by atoms with Crippen molar-refractivity contribution < 1.29 is 9.90 Å². The summed E-state index contributed by atoms with van der Waals surface area (Å²) in [6.07, 6.45) is 1.51. The quantitative estimate of drug-likeness (QED) is 0.815. The van der Waals surface area contributed by atoms with Crippen LogP contribution >= 0.6 is 11.3 Å². The fourth-order valence-electron chi connectivity index (χ4n) is 2.60. The minimum absolute atomic E-state index is 0.181. The maximum absolute atomic E-state index is 11.3. The second kappa shape index (κ2) is 2.83. The van der Waals surface area contributed by atoms with E-state index >= 15 is 0 Å². The van der Waals surface area contributed by atoms with E-state index in [4.69, 9.17) is 0 Å². The third kappa shape index (κ3) is 1.27. The van der Waals surface area contributed by atoms with E-state index in [9.17, 15) is 9.90 Å². The molecule has 0 amide bonds. The zero-order chi connectivity index (χ0) is 10.4. The molecule has 1 aliphatic carbocycles. The lowest BCUT2D eigenvalue weighted by molar-refractivity contribution is -0.153. The SMILES string of the molecule is CC1(C)CC(C(=O)O)(c2ccsc2)C1. The zero-order valence-corrected chi connectivity index (χ0v) is 9.23. The normalized spacial score (nSPS) is 22.7. The lowest BCUT2D eigenvalue weighted by Gasteiger charge is -2.50. The largest absolute Gasteiger partial charge is 0.481 e. The second-order valence-corrected chi connectivity index (χ2v) is 5.70. The first-order chi connectivity index (χ1) is 6.46. The van der Waals surface area contributed by atoms with Crippen LogP contribution in [0.5, 0.6) is 0 Å². The number of carboxylic acid groups (broad SMARTS) is 1. The Kier molecular flexibility index (Phi) is 1.96. The van der Waals surface area contributed by atoms with Crippen LogP contribution in [-0.4, -0.2) is 11.1 Å². The molecule has 2 rings (SSSR count). The Balaban J connectivity index is 2.32. The first-order valence-electron chi connectivity index (χ1n) is 4.72. The average molecular weight is 210 g/mol. The molecular weight excluding hydrogens is 196 g/mol. The van der Waals surface area contributed by atoms with Crippen LogP contribution in [-0.2, 0) is 10.2 Å². The van der Waals surface area contributed by atoms with Crippen LogP contribution in [0.2, 0.25) is 0 Å². The van der Waals surface area contributed by atoms with E-state index in [1.807, 2.05) is 16.8 Å². The highest BCUT2D eigenvalue weighted by atomic mass is 32.1. The van der Waals surface area contributed by atoms with E-state index in [1.54, 1.807) is 11.3 Å². The monoisotopic (exact) mass is 210 g/mol. The maximum Gasteiger partial charge on any atom is 0.314 e. The zero-order valence-electron chi connectivity index (χ0n) is 8.41. The molecule has 0 bridgehead atoms. The molecule has 1 aromatic rings. The number of rotatable bonds is 2. The molecule has 0 saturated heterocycles. The van der Waals surface area contributed by atoms with Crippen molar-refractivity contribution in [2.24, 2.45) is 5.41 Å². The highest BCUT2D eigenvalue weighted by Gasteiger charge is 2.55. The van der Waals surface area contributed by atoms with Crippen molar-refractivity contribution in [1.82, 2.24) is 0 Å². The van der Waals surface area contributed by atoms with E-state index in [-0.39, 0.29) is 5.41 Å². The summed E-state index contributed by atoms with van der Waals surface area (Å²) in [7, 11) is 0. The number of thiophene rings is 1. The summed E-state index contributed by atoms with van der Waals surface area (Å²) < 4.78 is 0. The van der Waals surface area contributed by atoms with Gasteiger partial charge in [-0.1, -0.05) is 13.8 Å². The molecule has 1 fully saturated rings. The Morgan fingerprint density at radius 1 is 1.50 bits per heavy atom. The van der Waals surface area contributed by atoms with Gasteiger partial charge in [0, 0.05) is 0 Å². The molecule has 14 heavy (non-hydrogen) atoms. The Morgan fingerprint density at radius 2 is 2.14 bits per heavy atom. The summed E-state index contributed by atoms with van der Waals surface area (Å²) in [6, 6.07) is 1.94. The van der Waals surface area contributed by atoms with Crippen molar-refractivity contribution in [1.29, 1.82) is 0 Å². The molecule has 1 saturated carbocycles. The number of carbonyl (C=O) groups is 1. The molecule has 2 nitrogen and oxygen atoms in total. The van der Waals surface area contributed by atoms with E-state index < -0.39 is 11.4 Å². The van der Waals surface area contributed by atoms with Gasteiger partial charge in [-0.15, -0.1) is 0 Å². The number of carboxylic acids is 1. The van der Waals surface area contributed by atoms with Gasteiger partial charge in [0.15, 0.2) is 0 Å². The Labute approximate surface area is 87.6 Å². The molecular formula is C11H14O2S. The lowest BCUT2D eigenvalue weighted by Crippen LogP contribution is -2.51. The van der Waals surface area contributed by atoms with Crippen LogP contribution in [0.4, 0.5) is 0 Å². The minimum Gasteiger partial charge on any atom is -0.481 e. The summed E-state index contributed by atoms with van der Waals surface area (Å²) in [5.74, 6) is -0.671. The fourth-order valence-corrected chi connectivity index (χ4v) is 3.35. The molecule has 0 atom stereocenters.